The molecular weight excluding hydrogens is 300 g/mol. The topological polar surface area (TPSA) is 77.2 Å². The third-order valence-corrected chi connectivity index (χ3v) is 6.19. The van der Waals surface area contributed by atoms with E-state index in [1.807, 2.05) is 19.1 Å². The molecule has 0 bridgehead atoms. The molecule has 6 heteroatoms. The van der Waals surface area contributed by atoms with E-state index in [-0.39, 0.29) is 16.2 Å². The minimum absolute atomic E-state index is 0.000505. The van der Waals surface area contributed by atoms with Crippen LogP contribution in [-0.4, -0.2) is 33.5 Å². The number of hydrogen-bond acceptors (Lipinski definition) is 4. The van der Waals surface area contributed by atoms with Gasteiger partial charge in [-0.3, -0.25) is 4.79 Å². The van der Waals surface area contributed by atoms with Crippen molar-refractivity contribution in [2.75, 3.05) is 18.8 Å². The summed E-state index contributed by atoms with van der Waals surface area (Å²) >= 11 is 0. The zero-order valence-corrected chi connectivity index (χ0v) is 13.6. The molecule has 1 aromatic carbocycles. The number of nitrogens with two attached hydrogens (primary N) is 1. The van der Waals surface area contributed by atoms with Gasteiger partial charge in [0.25, 0.3) is 0 Å². The van der Waals surface area contributed by atoms with Crippen LogP contribution in [0.1, 0.15) is 22.8 Å². The molecule has 0 aromatic heterocycles. The maximum atomic E-state index is 12.8. The van der Waals surface area contributed by atoms with E-state index < -0.39 is 10.0 Å². The van der Waals surface area contributed by atoms with Gasteiger partial charge in [-0.1, -0.05) is 12.1 Å². The van der Waals surface area contributed by atoms with Crippen LogP contribution >= 0.6 is 0 Å². The highest BCUT2D eigenvalue weighted by Crippen LogP contribution is 2.33. The van der Waals surface area contributed by atoms with Crippen LogP contribution in [0.5, 0.6) is 0 Å². The molecule has 1 aromatic rings. The van der Waals surface area contributed by atoms with Crippen LogP contribution in [0.25, 0.3) is 0 Å². The number of rotatable bonds is 5. The number of benzene rings is 1. The first-order chi connectivity index (χ1) is 10.4. The molecule has 0 amide bonds. The van der Waals surface area contributed by atoms with Gasteiger partial charge in [0.15, 0.2) is 12.0 Å². The van der Waals surface area contributed by atoms with Crippen molar-refractivity contribution in [3.05, 3.63) is 53.3 Å². The average Bonchev–Trinajstić information content (AvgIpc) is 2.55. The second-order valence-electron chi connectivity index (χ2n) is 5.32. The fraction of sp³-hybridized carbons (Fsp3) is 0.312. The van der Waals surface area contributed by atoms with E-state index in [0.717, 1.165) is 17.4 Å². The Labute approximate surface area is 131 Å². The van der Waals surface area contributed by atoms with E-state index >= 15 is 0 Å². The minimum atomic E-state index is -3.48. The molecule has 1 atom stereocenters. The first-order valence-electron chi connectivity index (χ1n) is 7.15. The van der Waals surface area contributed by atoms with Crippen LogP contribution in [-0.2, 0) is 10.0 Å². The fourth-order valence-electron chi connectivity index (χ4n) is 2.60. The molecule has 2 rings (SSSR count). The van der Waals surface area contributed by atoms with Crippen molar-refractivity contribution in [1.29, 1.82) is 0 Å². The normalized spacial score (nSPS) is 21.5. The Bertz CT molecular complexity index is 751. The Morgan fingerprint density at radius 2 is 2.09 bits per heavy atom. The molecule has 22 heavy (non-hydrogen) atoms. The lowest BCUT2D eigenvalue weighted by Gasteiger charge is -2.34. The highest BCUT2D eigenvalue weighted by Gasteiger charge is 2.42. The van der Waals surface area contributed by atoms with Crippen LogP contribution in [0.15, 0.2) is 42.1 Å². The Balaban J connectivity index is 2.74. The van der Waals surface area contributed by atoms with E-state index in [4.69, 9.17) is 5.73 Å². The highest BCUT2D eigenvalue weighted by molar-refractivity contribution is 7.91. The highest BCUT2D eigenvalue weighted by atomic mass is 32.2. The number of carbonyl (C=O) groups is 1. The molecule has 1 unspecified atom stereocenters. The Morgan fingerprint density at radius 1 is 1.36 bits per heavy atom. The predicted molar refractivity (Wildman–Crippen MR) is 89.0 cm³/mol. The van der Waals surface area contributed by atoms with Crippen molar-refractivity contribution in [2.45, 2.75) is 13.8 Å². The third kappa shape index (κ3) is 2.65. The fourth-order valence-corrected chi connectivity index (χ4v) is 4.10. The Hall–Kier alpha value is -1.76. The van der Waals surface area contributed by atoms with Gasteiger partial charge in [-0.05, 0) is 25.5 Å². The lowest BCUT2D eigenvalue weighted by molar-refractivity contribution is 0.112. The van der Waals surface area contributed by atoms with Gasteiger partial charge in [-0.2, -0.15) is 12.3 Å². The SMILES string of the molecule is CCS(=O)(=O)[N+]1(c2ccc(C)c(C=O)c2)C=C(CN)C=CC1. The van der Waals surface area contributed by atoms with Gasteiger partial charge in [0.2, 0.25) is 0 Å². The molecule has 0 aliphatic carbocycles. The first-order valence-corrected chi connectivity index (χ1v) is 8.76. The van der Waals surface area contributed by atoms with Crippen LogP contribution in [0.4, 0.5) is 5.69 Å². The lowest BCUT2D eigenvalue weighted by Crippen LogP contribution is -2.51. The van der Waals surface area contributed by atoms with E-state index in [1.54, 1.807) is 31.3 Å². The van der Waals surface area contributed by atoms with E-state index in [2.05, 4.69) is 0 Å². The van der Waals surface area contributed by atoms with Gasteiger partial charge in [-0.25, -0.2) is 0 Å². The molecule has 2 N–H and O–H groups in total. The summed E-state index contributed by atoms with van der Waals surface area (Å²) in [5, 5.41) is 0. The largest absolute Gasteiger partial charge is 0.326 e. The number of quaternary nitrogens is 1. The lowest BCUT2D eigenvalue weighted by atomic mass is 10.1. The Kier molecular flexibility index (Phi) is 4.65. The molecule has 0 radical (unpaired) electrons. The average molecular weight is 321 g/mol. The smallest absolute Gasteiger partial charge is 0.306 e. The molecule has 5 nitrogen and oxygen atoms in total. The van der Waals surface area contributed by atoms with E-state index in [0.29, 0.717) is 17.8 Å². The van der Waals surface area contributed by atoms with E-state index in [1.165, 1.54) is 0 Å². The van der Waals surface area contributed by atoms with Crippen molar-refractivity contribution in [3.63, 3.8) is 0 Å². The first kappa shape index (κ1) is 16.6. The summed E-state index contributed by atoms with van der Waals surface area (Å²) in [6.45, 7) is 4.00. The molecular formula is C16H21N2O3S+. The third-order valence-electron chi connectivity index (χ3n) is 4.01. The van der Waals surface area contributed by atoms with Crippen molar-refractivity contribution in [3.8, 4) is 0 Å². The molecule has 0 saturated heterocycles. The van der Waals surface area contributed by atoms with Gasteiger partial charge in [0.05, 0.1) is 5.75 Å². The maximum Gasteiger partial charge on any atom is 0.306 e. The second-order valence-corrected chi connectivity index (χ2v) is 7.71. The van der Waals surface area contributed by atoms with Gasteiger partial charge >= 0.3 is 10.0 Å². The van der Waals surface area contributed by atoms with Crippen molar-refractivity contribution in [2.24, 2.45) is 5.73 Å². The van der Waals surface area contributed by atoms with E-state index in [9.17, 15) is 13.2 Å². The van der Waals surface area contributed by atoms with Crippen LogP contribution in [0, 0.1) is 6.92 Å². The summed E-state index contributed by atoms with van der Waals surface area (Å²) in [5.74, 6) is -0.000505. The number of hydrogen-bond donors (Lipinski definition) is 1. The van der Waals surface area contributed by atoms with Crippen LogP contribution in [0.3, 0.4) is 0 Å². The number of aldehydes is 1. The number of carbonyl (C=O) groups excluding carboxylic acids is 1. The van der Waals surface area contributed by atoms with Crippen LogP contribution < -0.4 is 9.62 Å². The van der Waals surface area contributed by atoms with Gasteiger partial charge < -0.3 is 5.73 Å². The van der Waals surface area contributed by atoms with Gasteiger partial charge in [-0.15, -0.1) is 0 Å². The molecule has 1 heterocycles. The number of nitrogens with zero attached hydrogens (tertiary/aromatic N) is 1. The summed E-state index contributed by atoms with van der Waals surface area (Å²) in [5.41, 5.74) is 8.33. The van der Waals surface area contributed by atoms with Crippen molar-refractivity contribution >= 4 is 22.0 Å². The Morgan fingerprint density at radius 3 is 2.68 bits per heavy atom. The zero-order chi connectivity index (χ0) is 16.4. The zero-order valence-electron chi connectivity index (χ0n) is 12.8. The summed E-state index contributed by atoms with van der Waals surface area (Å²) in [6.07, 6.45) is 6.09. The number of aryl methyl sites for hydroxylation is 1. The molecule has 1 aliphatic heterocycles. The molecule has 0 spiro atoms. The summed E-state index contributed by atoms with van der Waals surface area (Å²) in [7, 11) is -3.48. The standard InChI is InChI=1S/C16H21N2O3S/c1-3-22(20,21)18(8-4-5-14(10-17)11-18)16-7-6-13(2)15(9-16)12-19/h4-7,9,11-12H,3,8,10,17H2,1-2H3/q+1. The van der Waals surface area contributed by atoms with Gasteiger partial charge in [0.1, 0.15) is 12.7 Å². The maximum absolute atomic E-state index is 12.8. The number of sulfonamides is 1. The quantitative estimate of drug-likeness (QED) is 0.663. The predicted octanol–water partition coefficient (Wildman–Crippen LogP) is 1.88. The van der Waals surface area contributed by atoms with Crippen molar-refractivity contribution in [1.82, 2.24) is 3.89 Å². The summed E-state index contributed by atoms with van der Waals surface area (Å²) < 4.78 is 25.2. The monoisotopic (exact) mass is 321 g/mol. The van der Waals surface area contributed by atoms with Gasteiger partial charge in [0, 0.05) is 29.8 Å². The molecule has 0 saturated carbocycles. The minimum Gasteiger partial charge on any atom is -0.326 e. The summed E-state index contributed by atoms with van der Waals surface area (Å²) in [4.78, 5) is 11.2. The van der Waals surface area contributed by atoms with Crippen molar-refractivity contribution < 1.29 is 13.2 Å². The van der Waals surface area contributed by atoms with Crippen LogP contribution in [0.2, 0.25) is 0 Å². The molecule has 118 valence electrons. The summed E-state index contributed by atoms with van der Waals surface area (Å²) in [6, 6.07) is 5.19. The molecule has 0 fully saturated rings. The molecule has 1 aliphatic rings. The second kappa shape index (κ2) is 6.16.